The van der Waals surface area contributed by atoms with Crippen molar-refractivity contribution in [2.45, 2.75) is 0 Å². The second-order valence-corrected chi connectivity index (χ2v) is 3.98. The zero-order chi connectivity index (χ0) is 9.97. The number of hydrogen-bond donors (Lipinski definition) is 0. The highest BCUT2D eigenvalue weighted by molar-refractivity contribution is 14.1. The molecule has 0 aliphatic carbocycles. The molecule has 2 rings (SSSR count). The van der Waals surface area contributed by atoms with E-state index in [2.05, 4.69) is 4.98 Å². The number of rotatable bonds is 1. The van der Waals surface area contributed by atoms with Crippen molar-refractivity contribution >= 4 is 22.6 Å². The first kappa shape index (κ1) is 9.58. The summed E-state index contributed by atoms with van der Waals surface area (Å²) >= 11 is 1.96. The van der Waals surface area contributed by atoms with Crippen LogP contribution in [0.3, 0.4) is 0 Å². The second kappa shape index (κ2) is 4.04. The van der Waals surface area contributed by atoms with E-state index >= 15 is 0 Å². The molecule has 0 bridgehead atoms. The molecule has 70 valence electrons. The van der Waals surface area contributed by atoms with Gasteiger partial charge < -0.3 is 0 Å². The Bertz CT molecular complexity index is 442. The van der Waals surface area contributed by atoms with Crippen LogP contribution >= 0.6 is 22.6 Å². The quantitative estimate of drug-likeness (QED) is 0.735. The maximum atomic E-state index is 13.6. The van der Waals surface area contributed by atoms with Crippen LogP contribution in [-0.2, 0) is 0 Å². The maximum absolute atomic E-state index is 13.6. The summed E-state index contributed by atoms with van der Waals surface area (Å²) in [5.41, 5.74) is 1.22. The minimum Gasteiger partial charge on any atom is -0.253 e. The third kappa shape index (κ3) is 1.77. The van der Waals surface area contributed by atoms with Crippen LogP contribution in [0.5, 0.6) is 0 Å². The lowest BCUT2D eigenvalue weighted by molar-refractivity contribution is 0.618. The zero-order valence-electron chi connectivity index (χ0n) is 7.24. The first-order chi connectivity index (χ1) is 6.79. The van der Waals surface area contributed by atoms with Gasteiger partial charge in [-0.2, -0.15) is 0 Å². The molecule has 2 aromatic rings. The average molecular weight is 299 g/mol. The van der Waals surface area contributed by atoms with Crippen LogP contribution in [-0.4, -0.2) is 4.98 Å². The van der Waals surface area contributed by atoms with Gasteiger partial charge in [-0.15, -0.1) is 0 Å². The first-order valence-corrected chi connectivity index (χ1v) is 5.22. The summed E-state index contributed by atoms with van der Waals surface area (Å²) in [5.74, 6) is -0.251. The summed E-state index contributed by atoms with van der Waals surface area (Å²) in [6.07, 6.45) is 1.62. The molecule has 1 heterocycles. The summed E-state index contributed by atoms with van der Waals surface area (Å²) in [7, 11) is 0. The molecule has 14 heavy (non-hydrogen) atoms. The van der Waals surface area contributed by atoms with Gasteiger partial charge in [0.25, 0.3) is 0 Å². The molecular formula is C11H7FIN. The predicted octanol–water partition coefficient (Wildman–Crippen LogP) is 3.49. The molecule has 0 radical (unpaired) electrons. The van der Waals surface area contributed by atoms with Crippen LogP contribution in [0, 0.1) is 9.39 Å². The fraction of sp³-hybridized carbons (Fsp3) is 0. The minimum absolute atomic E-state index is 0.251. The van der Waals surface area contributed by atoms with Crippen molar-refractivity contribution in [1.29, 1.82) is 0 Å². The lowest BCUT2D eigenvalue weighted by atomic mass is 10.1. The van der Waals surface area contributed by atoms with Crippen molar-refractivity contribution in [3.05, 3.63) is 52.0 Å². The van der Waals surface area contributed by atoms with Gasteiger partial charge in [-0.1, -0.05) is 30.3 Å². The van der Waals surface area contributed by atoms with E-state index < -0.39 is 0 Å². The van der Waals surface area contributed by atoms with Gasteiger partial charge in [0.05, 0.1) is 3.57 Å². The van der Waals surface area contributed by atoms with Crippen molar-refractivity contribution in [3.8, 4) is 11.3 Å². The summed E-state index contributed by atoms with van der Waals surface area (Å²) < 4.78 is 14.2. The smallest absolute Gasteiger partial charge is 0.162 e. The Hall–Kier alpha value is -0.970. The van der Waals surface area contributed by atoms with Gasteiger partial charge in [0.15, 0.2) is 5.82 Å². The number of aromatic nitrogens is 1. The van der Waals surface area contributed by atoms with E-state index in [4.69, 9.17) is 0 Å². The van der Waals surface area contributed by atoms with E-state index in [1.54, 1.807) is 12.3 Å². The largest absolute Gasteiger partial charge is 0.253 e. The number of halogens is 2. The molecule has 0 N–H and O–H groups in total. The highest BCUT2D eigenvalue weighted by Crippen LogP contribution is 2.22. The Morgan fingerprint density at radius 3 is 2.50 bits per heavy atom. The Kier molecular flexibility index (Phi) is 2.77. The van der Waals surface area contributed by atoms with Crippen LogP contribution in [0.1, 0.15) is 0 Å². The van der Waals surface area contributed by atoms with E-state index in [0.717, 1.165) is 5.56 Å². The third-order valence-electron chi connectivity index (χ3n) is 1.89. The van der Waals surface area contributed by atoms with Gasteiger partial charge in [0.1, 0.15) is 5.69 Å². The number of nitrogens with zero attached hydrogens (tertiary/aromatic N) is 1. The lowest BCUT2D eigenvalue weighted by Crippen LogP contribution is -1.91. The lowest BCUT2D eigenvalue weighted by Gasteiger charge is -2.02. The first-order valence-electron chi connectivity index (χ1n) is 4.14. The fourth-order valence-electron chi connectivity index (χ4n) is 1.22. The second-order valence-electron chi connectivity index (χ2n) is 2.82. The van der Waals surface area contributed by atoms with Crippen LogP contribution in [0.4, 0.5) is 4.39 Å². The van der Waals surface area contributed by atoms with Crippen molar-refractivity contribution in [1.82, 2.24) is 4.98 Å². The molecule has 0 saturated heterocycles. The van der Waals surface area contributed by atoms with Gasteiger partial charge in [0, 0.05) is 11.8 Å². The third-order valence-corrected chi connectivity index (χ3v) is 2.72. The van der Waals surface area contributed by atoms with Crippen LogP contribution in [0.2, 0.25) is 0 Å². The number of hydrogen-bond acceptors (Lipinski definition) is 1. The van der Waals surface area contributed by atoms with E-state index in [-0.39, 0.29) is 5.82 Å². The zero-order valence-corrected chi connectivity index (χ0v) is 9.40. The predicted molar refractivity (Wildman–Crippen MR) is 62.3 cm³/mol. The summed E-state index contributed by atoms with van der Waals surface area (Å²) in [6.45, 7) is 0. The van der Waals surface area contributed by atoms with Crippen LogP contribution < -0.4 is 0 Å². The normalized spacial score (nSPS) is 10.1. The van der Waals surface area contributed by atoms with Crippen molar-refractivity contribution in [3.63, 3.8) is 0 Å². The molecule has 0 aliphatic heterocycles. The van der Waals surface area contributed by atoms with E-state index in [0.29, 0.717) is 9.26 Å². The fourth-order valence-corrected chi connectivity index (χ4v) is 1.63. The number of pyridine rings is 1. The van der Waals surface area contributed by atoms with Gasteiger partial charge >= 0.3 is 0 Å². The van der Waals surface area contributed by atoms with E-state index in [1.807, 2.05) is 52.9 Å². The van der Waals surface area contributed by atoms with E-state index in [1.165, 1.54) is 0 Å². The van der Waals surface area contributed by atoms with Crippen molar-refractivity contribution < 1.29 is 4.39 Å². The standard InChI is InChI=1S/C11H7FIN/c12-10-9(13)6-7-14-11(10)8-4-2-1-3-5-8/h1-7H. The van der Waals surface area contributed by atoms with Gasteiger partial charge in [0.2, 0.25) is 0 Å². The highest BCUT2D eigenvalue weighted by Gasteiger charge is 2.08. The van der Waals surface area contributed by atoms with E-state index in [9.17, 15) is 4.39 Å². The molecule has 0 aliphatic rings. The molecule has 0 unspecified atom stereocenters. The maximum Gasteiger partial charge on any atom is 0.162 e. The van der Waals surface area contributed by atoms with Gasteiger partial charge in [-0.05, 0) is 28.7 Å². The average Bonchev–Trinajstić information content (AvgIpc) is 2.23. The highest BCUT2D eigenvalue weighted by atomic mass is 127. The Labute approximate surface area is 95.1 Å². The van der Waals surface area contributed by atoms with Crippen LogP contribution in [0.15, 0.2) is 42.6 Å². The topological polar surface area (TPSA) is 12.9 Å². The molecule has 0 spiro atoms. The molecule has 0 saturated carbocycles. The summed E-state index contributed by atoms with van der Waals surface area (Å²) in [4.78, 5) is 4.03. The Morgan fingerprint density at radius 1 is 1.07 bits per heavy atom. The molecule has 1 aromatic heterocycles. The van der Waals surface area contributed by atoms with Crippen molar-refractivity contribution in [2.24, 2.45) is 0 Å². The Morgan fingerprint density at radius 2 is 1.79 bits per heavy atom. The van der Waals surface area contributed by atoms with Gasteiger partial charge in [-0.3, -0.25) is 4.98 Å². The monoisotopic (exact) mass is 299 g/mol. The summed E-state index contributed by atoms with van der Waals surface area (Å²) in [6, 6.07) is 11.0. The van der Waals surface area contributed by atoms with Crippen molar-refractivity contribution in [2.75, 3.05) is 0 Å². The molecular weight excluding hydrogens is 292 g/mol. The molecule has 1 aromatic carbocycles. The molecule has 0 atom stereocenters. The summed E-state index contributed by atoms with van der Waals surface area (Å²) in [5, 5.41) is 0. The SMILES string of the molecule is Fc1c(I)ccnc1-c1ccccc1. The molecule has 0 amide bonds. The minimum atomic E-state index is -0.251. The molecule has 1 nitrogen and oxygen atoms in total. The molecule has 3 heteroatoms. The van der Waals surface area contributed by atoms with Crippen LogP contribution in [0.25, 0.3) is 11.3 Å². The Balaban J connectivity index is 2.58. The number of benzene rings is 1. The molecule has 0 fully saturated rings. The van der Waals surface area contributed by atoms with Gasteiger partial charge in [-0.25, -0.2) is 4.39 Å².